The molecule has 44 heavy (non-hydrogen) atoms. The molecule has 0 aliphatic carbocycles. The summed E-state index contributed by atoms with van der Waals surface area (Å²) in [6.45, 7) is -0.481. The van der Waals surface area contributed by atoms with E-state index >= 15 is 0 Å². The first kappa shape index (κ1) is 32.2. The number of urea groups is 1. The Labute approximate surface area is 247 Å². The third-order valence-corrected chi connectivity index (χ3v) is 7.28. The fraction of sp³-hybridized carbons (Fsp3) is 0.310. The van der Waals surface area contributed by atoms with Gasteiger partial charge in [0.15, 0.2) is 0 Å². The van der Waals surface area contributed by atoms with E-state index in [2.05, 4.69) is 10.3 Å². The van der Waals surface area contributed by atoms with Crippen molar-refractivity contribution < 1.29 is 45.1 Å². The number of carbonyl (C=O) groups is 3. The van der Waals surface area contributed by atoms with Gasteiger partial charge in [-0.1, -0.05) is 18.2 Å². The highest BCUT2D eigenvalue weighted by atomic mass is 19.4. The van der Waals surface area contributed by atoms with Crippen LogP contribution in [0.4, 0.5) is 41.2 Å². The minimum atomic E-state index is -5.11. The summed E-state index contributed by atoms with van der Waals surface area (Å²) in [5, 5.41) is 2.46. The number of hydrogen-bond acceptors (Lipinski definition) is 4. The molecule has 15 heteroatoms. The average Bonchev–Trinajstić information content (AvgIpc) is 3.44. The zero-order valence-corrected chi connectivity index (χ0v) is 23.3. The number of likely N-dealkylation sites (N-methyl/N-ethyl adjacent to an activating group) is 1. The molecule has 8 nitrogen and oxygen atoms in total. The van der Waals surface area contributed by atoms with Crippen LogP contribution in [0.15, 0.2) is 66.9 Å². The van der Waals surface area contributed by atoms with Gasteiger partial charge in [0.2, 0.25) is 5.91 Å². The molecular weight excluding hydrogens is 599 g/mol. The monoisotopic (exact) mass is 625 g/mol. The fourth-order valence-electron chi connectivity index (χ4n) is 4.90. The number of aromatic nitrogens is 1. The summed E-state index contributed by atoms with van der Waals surface area (Å²) in [6, 6.07) is 8.99. The largest absolute Gasteiger partial charge is 0.416 e. The summed E-state index contributed by atoms with van der Waals surface area (Å²) >= 11 is 0. The number of alkyl halides is 6. The Morgan fingerprint density at radius 2 is 1.52 bits per heavy atom. The van der Waals surface area contributed by atoms with Gasteiger partial charge in [-0.15, -0.1) is 0 Å². The number of hydrogen-bond donors (Lipinski definition) is 1. The highest BCUT2D eigenvalue weighted by Crippen LogP contribution is 2.39. The van der Waals surface area contributed by atoms with Crippen LogP contribution in [0.25, 0.3) is 0 Å². The van der Waals surface area contributed by atoms with Crippen molar-refractivity contribution >= 4 is 23.5 Å². The van der Waals surface area contributed by atoms with Crippen LogP contribution in [0.5, 0.6) is 0 Å². The third kappa shape index (κ3) is 7.26. The second-order valence-corrected chi connectivity index (χ2v) is 10.1. The number of benzene rings is 2. The molecule has 0 unspecified atom stereocenters. The standard InChI is InChI=1S/C29H26F7N5O3/c1-39(21-12-18(28(31,32)33)11-19(13-21)29(34,35)36)27(44)40(2)24-16-41(15-22(24)17-6-8-20(30)9-7-17)25(42)14-38-26(43)23-5-3-4-10-37-23/h3-13,22,24H,14-16H2,1-2H3,(H,38,43)/t22-,24+/m0/s1. The Bertz CT molecular complexity index is 1480. The van der Waals surface area contributed by atoms with Crippen molar-refractivity contribution in [3.05, 3.63) is 95.1 Å². The normalized spacial score (nSPS) is 16.9. The molecule has 4 amide bonds. The van der Waals surface area contributed by atoms with Gasteiger partial charge in [-0.25, -0.2) is 9.18 Å². The van der Waals surface area contributed by atoms with E-state index in [1.807, 2.05) is 0 Å². The lowest BCUT2D eigenvalue weighted by Gasteiger charge is -2.33. The number of nitrogens with zero attached hydrogens (tertiary/aromatic N) is 4. The van der Waals surface area contributed by atoms with Gasteiger partial charge in [0.05, 0.1) is 23.7 Å². The van der Waals surface area contributed by atoms with Crippen LogP contribution in [0.2, 0.25) is 0 Å². The molecule has 1 aliphatic rings. The van der Waals surface area contributed by atoms with Crippen molar-refractivity contribution in [3.8, 4) is 0 Å². The van der Waals surface area contributed by atoms with Crippen LogP contribution in [-0.4, -0.2) is 72.4 Å². The number of likely N-dealkylation sites (tertiary alicyclic amines) is 1. The molecule has 1 fully saturated rings. The maximum Gasteiger partial charge on any atom is 0.416 e. The first-order valence-electron chi connectivity index (χ1n) is 13.1. The number of carbonyl (C=O) groups excluding carboxylic acids is 3. The number of nitrogens with one attached hydrogen (secondary N) is 1. The van der Waals surface area contributed by atoms with Gasteiger partial charge in [-0.3, -0.25) is 19.5 Å². The number of pyridine rings is 1. The SMILES string of the molecule is CN(C(=O)N(C)[C@@H]1CN(C(=O)CNC(=O)c2ccccn2)C[C@H]1c1ccc(F)cc1)c1cc(C(F)(F)F)cc(C(F)(F)F)c1. The van der Waals surface area contributed by atoms with Crippen molar-refractivity contribution in [1.82, 2.24) is 20.1 Å². The summed E-state index contributed by atoms with van der Waals surface area (Å²) in [5.41, 5.74) is -3.20. The van der Waals surface area contributed by atoms with Crippen LogP contribution in [0.1, 0.15) is 33.1 Å². The Balaban J connectivity index is 1.58. The smallest absolute Gasteiger partial charge is 0.342 e. The minimum absolute atomic E-state index is 0.0255. The van der Waals surface area contributed by atoms with Crippen LogP contribution in [0.3, 0.4) is 0 Å². The van der Waals surface area contributed by atoms with Crippen LogP contribution in [-0.2, 0) is 17.1 Å². The van der Waals surface area contributed by atoms with E-state index in [1.54, 1.807) is 12.1 Å². The number of amides is 4. The Morgan fingerprint density at radius 3 is 2.07 bits per heavy atom. The van der Waals surface area contributed by atoms with Gasteiger partial charge >= 0.3 is 18.4 Å². The summed E-state index contributed by atoms with van der Waals surface area (Å²) in [7, 11) is 2.33. The molecule has 0 bridgehead atoms. The second kappa shape index (κ2) is 12.5. The van der Waals surface area contributed by atoms with Crippen molar-refractivity contribution in [2.24, 2.45) is 0 Å². The second-order valence-electron chi connectivity index (χ2n) is 10.1. The first-order valence-corrected chi connectivity index (χ1v) is 13.1. The van der Waals surface area contributed by atoms with E-state index in [1.165, 1.54) is 48.5 Å². The Morgan fingerprint density at radius 1 is 0.909 bits per heavy atom. The summed E-state index contributed by atoms with van der Waals surface area (Å²) in [4.78, 5) is 45.9. The summed E-state index contributed by atoms with van der Waals surface area (Å²) in [5.74, 6) is -2.27. The molecule has 2 heterocycles. The van der Waals surface area contributed by atoms with Gasteiger partial charge in [0.1, 0.15) is 11.5 Å². The van der Waals surface area contributed by atoms with Crippen LogP contribution < -0.4 is 10.2 Å². The molecule has 2 aromatic carbocycles. The lowest BCUT2D eigenvalue weighted by atomic mass is 9.93. The van der Waals surface area contributed by atoms with Gasteiger partial charge in [0.25, 0.3) is 5.91 Å². The van der Waals surface area contributed by atoms with E-state index in [4.69, 9.17) is 0 Å². The van der Waals surface area contributed by atoms with E-state index in [-0.39, 0.29) is 24.8 Å². The molecule has 1 N–H and O–H groups in total. The van der Waals surface area contributed by atoms with Gasteiger partial charge < -0.3 is 15.1 Å². The number of rotatable bonds is 6. The maximum atomic E-state index is 13.7. The molecule has 1 saturated heterocycles. The van der Waals surface area contributed by atoms with Crippen molar-refractivity contribution in [3.63, 3.8) is 0 Å². The average molecular weight is 626 g/mol. The van der Waals surface area contributed by atoms with Gasteiger partial charge in [0, 0.05) is 45.0 Å². The van der Waals surface area contributed by atoms with E-state index in [0.29, 0.717) is 22.6 Å². The van der Waals surface area contributed by atoms with E-state index in [9.17, 15) is 45.1 Å². The van der Waals surface area contributed by atoms with Crippen molar-refractivity contribution in [2.45, 2.75) is 24.3 Å². The molecule has 0 saturated carbocycles. The molecule has 0 radical (unpaired) electrons. The molecule has 234 valence electrons. The Hall–Kier alpha value is -4.69. The van der Waals surface area contributed by atoms with Crippen LogP contribution >= 0.6 is 0 Å². The molecule has 3 aromatic rings. The highest BCUT2D eigenvalue weighted by Gasteiger charge is 2.42. The van der Waals surface area contributed by atoms with E-state index < -0.39 is 71.3 Å². The molecular formula is C29H26F7N5O3. The third-order valence-electron chi connectivity index (χ3n) is 7.28. The zero-order valence-electron chi connectivity index (χ0n) is 23.3. The number of anilines is 1. The molecule has 0 spiro atoms. The molecule has 2 atom stereocenters. The van der Waals surface area contributed by atoms with E-state index in [0.717, 1.165) is 11.9 Å². The predicted octanol–water partition coefficient (Wildman–Crippen LogP) is 5.17. The molecule has 1 aromatic heterocycles. The van der Waals surface area contributed by atoms with Gasteiger partial charge in [-0.05, 0) is 48.0 Å². The lowest BCUT2D eigenvalue weighted by Crippen LogP contribution is -2.48. The topological polar surface area (TPSA) is 85.9 Å². The number of halogens is 7. The van der Waals surface area contributed by atoms with Crippen molar-refractivity contribution in [1.29, 1.82) is 0 Å². The maximum absolute atomic E-state index is 13.7. The summed E-state index contributed by atoms with van der Waals surface area (Å²) in [6.07, 6.45) is -8.82. The van der Waals surface area contributed by atoms with Crippen molar-refractivity contribution in [2.75, 3.05) is 38.6 Å². The fourth-order valence-corrected chi connectivity index (χ4v) is 4.90. The lowest BCUT2D eigenvalue weighted by molar-refractivity contribution is -0.143. The van der Waals surface area contributed by atoms with Crippen LogP contribution in [0, 0.1) is 5.82 Å². The summed E-state index contributed by atoms with van der Waals surface area (Å²) < 4.78 is 94.2. The van der Waals surface area contributed by atoms with Gasteiger partial charge in [-0.2, -0.15) is 26.3 Å². The quantitative estimate of drug-likeness (QED) is 0.383. The first-order chi connectivity index (χ1) is 20.6. The predicted molar refractivity (Wildman–Crippen MR) is 144 cm³/mol. The Kier molecular flexibility index (Phi) is 9.16. The highest BCUT2D eigenvalue weighted by molar-refractivity contribution is 5.95. The minimum Gasteiger partial charge on any atom is -0.342 e. The molecule has 1 aliphatic heterocycles. The zero-order chi connectivity index (χ0) is 32.4. The molecule has 4 rings (SSSR count).